The molecule has 1 aliphatic carbocycles. The summed E-state index contributed by atoms with van der Waals surface area (Å²) in [5, 5.41) is 4.37. The van der Waals surface area contributed by atoms with Crippen molar-refractivity contribution in [2.75, 3.05) is 25.6 Å². The molecule has 1 fully saturated rings. The lowest BCUT2D eigenvalue weighted by atomic mass is 10.3. The second-order valence-corrected chi connectivity index (χ2v) is 6.58. The first kappa shape index (κ1) is 14.8. The van der Waals surface area contributed by atoms with Crippen LogP contribution in [-0.4, -0.2) is 31.7 Å². The zero-order valence-corrected chi connectivity index (χ0v) is 13.2. The van der Waals surface area contributed by atoms with E-state index < -0.39 is 0 Å². The van der Waals surface area contributed by atoms with E-state index in [-0.39, 0.29) is 0 Å². The summed E-state index contributed by atoms with van der Waals surface area (Å²) in [6.45, 7) is 7.11. The first-order valence-electron chi connectivity index (χ1n) is 7.04. The predicted octanol–water partition coefficient (Wildman–Crippen LogP) is 2.63. The molecule has 0 unspecified atom stereocenters. The monoisotopic (exact) mass is 283 g/mol. The number of hydrogen-bond donors (Lipinski definition) is 1. The Kier molecular flexibility index (Phi) is 5.19. The van der Waals surface area contributed by atoms with Gasteiger partial charge in [0.2, 0.25) is 0 Å². The van der Waals surface area contributed by atoms with Crippen LogP contribution in [0.5, 0.6) is 0 Å². The molecule has 2 rings (SSSR count). The predicted molar refractivity (Wildman–Crippen MR) is 80.8 cm³/mol. The van der Waals surface area contributed by atoms with Crippen molar-refractivity contribution in [1.82, 2.24) is 10.3 Å². The Bertz CT molecular complexity index is 378. The molecule has 1 aromatic heterocycles. The van der Waals surface area contributed by atoms with Crippen LogP contribution < -0.4 is 10.2 Å². The first-order chi connectivity index (χ1) is 9.15. The number of nitrogens with zero attached hydrogens (tertiary/aromatic N) is 2. The van der Waals surface area contributed by atoms with Crippen molar-refractivity contribution in [3.05, 3.63) is 10.6 Å². The number of thiazole rings is 1. The summed E-state index contributed by atoms with van der Waals surface area (Å²) < 4.78 is 5.26. The first-order valence-corrected chi connectivity index (χ1v) is 7.86. The smallest absolute Gasteiger partial charge is 0.186 e. The van der Waals surface area contributed by atoms with E-state index in [0.29, 0.717) is 12.6 Å². The number of ether oxygens (including phenoxy) is 1. The van der Waals surface area contributed by atoms with Gasteiger partial charge in [0, 0.05) is 31.1 Å². The molecule has 0 amide bonds. The molecular formula is C14H25N3OS. The molecule has 5 heteroatoms. The number of aromatic nitrogens is 1. The van der Waals surface area contributed by atoms with Gasteiger partial charge < -0.3 is 15.0 Å². The average Bonchev–Trinajstić information content (AvgIpc) is 3.10. The quantitative estimate of drug-likeness (QED) is 0.796. The van der Waals surface area contributed by atoms with E-state index in [1.165, 1.54) is 17.7 Å². The van der Waals surface area contributed by atoms with Gasteiger partial charge in [-0.05, 0) is 39.7 Å². The van der Waals surface area contributed by atoms with E-state index in [1.54, 1.807) is 18.4 Å². The van der Waals surface area contributed by atoms with E-state index >= 15 is 0 Å². The Hall–Kier alpha value is -0.650. The summed E-state index contributed by atoms with van der Waals surface area (Å²) in [4.78, 5) is 8.54. The minimum absolute atomic E-state index is 0.504. The van der Waals surface area contributed by atoms with Crippen molar-refractivity contribution < 1.29 is 4.74 Å². The molecule has 1 heterocycles. The summed E-state index contributed by atoms with van der Waals surface area (Å²) in [6, 6.07) is 0.504. The minimum atomic E-state index is 0.504. The van der Waals surface area contributed by atoms with E-state index in [1.807, 2.05) is 7.05 Å². The van der Waals surface area contributed by atoms with Gasteiger partial charge in [-0.3, -0.25) is 0 Å². The normalized spacial score (nSPS) is 15.2. The highest BCUT2D eigenvalue weighted by Crippen LogP contribution is 2.34. The molecule has 1 aliphatic rings. The van der Waals surface area contributed by atoms with Gasteiger partial charge in [0.15, 0.2) is 5.13 Å². The highest BCUT2D eigenvalue weighted by Gasteiger charge is 2.27. The molecule has 0 saturated heterocycles. The lowest BCUT2D eigenvalue weighted by Gasteiger charge is -2.26. The van der Waals surface area contributed by atoms with Crippen LogP contribution in [0.2, 0.25) is 0 Å². The molecule has 4 nitrogen and oxygen atoms in total. The maximum absolute atomic E-state index is 5.26. The van der Waals surface area contributed by atoms with Crippen molar-refractivity contribution in [2.45, 2.75) is 45.9 Å². The zero-order valence-electron chi connectivity index (χ0n) is 12.4. The largest absolute Gasteiger partial charge is 0.378 e. The third-order valence-electron chi connectivity index (χ3n) is 3.41. The molecule has 19 heavy (non-hydrogen) atoms. The van der Waals surface area contributed by atoms with Crippen molar-refractivity contribution >= 4 is 16.5 Å². The molecular weight excluding hydrogens is 258 g/mol. The fourth-order valence-corrected chi connectivity index (χ4v) is 3.35. The van der Waals surface area contributed by atoms with Crippen LogP contribution in [0.4, 0.5) is 5.13 Å². The molecule has 0 atom stereocenters. The molecule has 0 aliphatic heterocycles. The summed E-state index contributed by atoms with van der Waals surface area (Å²) in [5.74, 6) is 0.880. The highest BCUT2D eigenvalue weighted by atomic mass is 32.1. The summed E-state index contributed by atoms with van der Waals surface area (Å²) in [5.41, 5.74) is 1.08. The van der Waals surface area contributed by atoms with E-state index in [9.17, 15) is 0 Å². The third-order valence-corrected chi connectivity index (χ3v) is 4.54. The standard InChI is InChI=1S/C14H25N3OS/c1-10(2)17(8-11-5-6-11)14-16-12(9-18-4)13(19-14)7-15-3/h10-11,15H,5-9H2,1-4H3. The third kappa shape index (κ3) is 3.91. The van der Waals surface area contributed by atoms with Crippen LogP contribution in [0, 0.1) is 5.92 Å². The summed E-state index contributed by atoms with van der Waals surface area (Å²) >= 11 is 1.80. The SMILES string of the molecule is CNCc1sc(N(CC2CC2)C(C)C)nc1COC. The maximum Gasteiger partial charge on any atom is 0.186 e. The minimum Gasteiger partial charge on any atom is -0.378 e. The zero-order chi connectivity index (χ0) is 13.8. The molecule has 1 N–H and O–H groups in total. The molecule has 1 aromatic rings. The lowest BCUT2D eigenvalue weighted by molar-refractivity contribution is 0.181. The number of rotatable bonds is 8. The number of hydrogen-bond acceptors (Lipinski definition) is 5. The van der Waals surface area contributed by atoms with E-state index in [2.05, 4.69) is 24.1 Å². The molecule has 0 bridgehead atoms. The Morgan fingerprint density at radius 2 is 2.21 bits per heavy atom. The molecule has 0 radical (unpaired) electrons. The van der Waals surface area contributed by atoms with Gasteiger partial charge in [-0.2, -0.15) is 0 Å². The molecule has 0 aromatic carbocycles. The highest BCUT2D eigenvalue weighted by molar-refractivity contribution is 7.15. The van der Waals surface area contributed by atoms with Gasteiger partial charge in [0.1, 0.15) is 0 Å². The van der Waals surface area contributed by atoms with Gasteiger partial charge in [-0.15, -0.1) is 11.3 Å². The van der Waals surface area contributed by atoms with Crippen LogP contribution in [0.25, 0.3) is 0 Å². The van der Waals surface area contributed by atoms with Gasteiger partial charge in [-0.1, -0.05) is 0 Å². The lowest BCUT2D eigenvalue weighted by Crippen LogP contribution is -2.32. The van der Waals surface area contributed by atoms with Crippen molar-refractivity contribution in [3.8, 4) is 0 Å². The number of methoxy groups -OCH3 is 1. The second-order valence-electron chi connectivity index (χ2n) is 5.52. The van der Waals surface area contributed by atoms with Crippen LogP contribution >= 0.6 is 11.3 Å². The molecule has 108 valence electrons. The fourth-order valence-electron chi connectivity index (χ4n) is 2.13. The fraction of sp³-hybridized carbons (Fsp3) is 0.786. The van der Waals surface area contributed by atoms with Crippen molar-refractivity contribution in [1.29, 1.82) is 0 Å². The Morgan fingerprint density at radius 1 is 1.47 bits per heavy atom. The van der Waals surface area contributed by atoms with E-state index in [4.69, 9.17) is 9.72 Å². The van der Waals surface area contributed by atoms with Crippen LogP contribution in [-0.2, 0) is 17.9 Å². The van der Waals surface area contributed by atoms with Crippen LogP contribution in [0.1, 0.15) is 37.3 Å². The number of anilines is 1. The van der Waals surface area contributed by atoms with Crippen molar-refractivity contribution in [2.24, 2.45) is 5.92 Å². The van der Waals surface area contributed by atoms with Gasteiger partial charge in [0.05, 0.1) is 12.3 Å². The Labute approximate surface area is 120 Å². The topological polar surface area (TPSA) is 37.4 Å². The van der Waals surface area contributed by atoms with Crippen LogP contribution in [0.15, 0.2) is 0 Å². The maximum atomic E-state index is 5.26. The summed E-state index contributed by atoms with van der Waals surface area (Å²) in [7, 11) is 3.70. The number of nitrogens with one attached hydrogen (secondary N) is 1. The van der Waals surface area contributed by atoms with Gasteiger partial charge >= 0.3 is 0 Å². The molecule has 0 spiro atoms. The average molecular weight is 283 g/mol. The van der Waals surface area contributed by atoms with E-state index in [0.717, 1.165) is 29.8 Å². The van der Waals surface area contributed by atoms with Crippen molar-refractivity contribution in [3.63, 3.8) is 0 Å². The summed E-state index contributed by atoms with van der Waals surface area (Å²) in [6.07, 6.45) is 2.76. The van der Waals surface area contributed by atoms with Gasteiger partial charge in [-0.25, -0.2) is 4.98 Å². The van der Waals surface area contributed by atoms with Crippen LogP contribution in [0.3, 0.4) is 0 Å². The Balaban J connectivity index is 2.17. The molecule has 1 saturated carbocycles. The Morgan fingerprint density at radius 3 is 2.74 bits per heavy atom. The van der Waals surface area contributed by atoms with Gasteiger partial charge in [0.25, 0.3) is 0 Å². The second kappa shape index (κ2) is 6.68.